The van der Waals surface area contributed by atoms with Gasteiger partial charge in [0.15, 0.2) is 0 Å². The lowest BCUT2D eigenvalue weighted by atomic mass is 10.2. The minimum absolute atomic E-state index is 0.0335. The van der Waals surface area contributed by atoms with Gasteiger partial charge in [0, 0.05) is 18.7 Å². The average Bonchev–Trinajstić information content (AvgIpc) is 2.71. The Bertz CT molecular complexity index is 528. The Hall–Kier alpha value is -2.41. The van der Waals surface area contributed by atoms with Crippen LogP contribution in [0.1, 0.15) is 12.0 Å². The third-order valence-corrected chi connectivity index (χ3v) is 2.86. The maximum atomic E-state index is 11.5. The van der Waals surface area contributed by atoms with Gasteiger partial charge in [0.25, 0.3) is 0 Å². The lowest BCUT2D eigenvalue weighted by Crippen LogP contribution is -2.30. The maximum Gasteiger partial charge on any atom is 0.324 e. The second-order valence-corrected chi connectivity index (χ2v) is 4.43. The summed E-state index contributed by atoms with van der Waals surface area (Å²) < 4.78 is 0. The minimum Gasteiger partial charge on any atom is -0.330 e. The smallest absolute Gasteiger partial charge is 0.324 e. The first-order valence-electron chi connectivity index (χ1n) is 6.27. The first kappa shape index (κ1) is 14.0. The van der Waals surface area contributed by atoms with Crippen LogP contribution in [0.4, 0.5) is 10.5 Å². The van der Waals surface area contributed by atoms with Crippen molar-refractivity contribution in [2.75, 3.05) is 18.4 Å². The Morgan fingerprint density at radius 1 is 1.40 bits per heavy atom. The Labute approximate surface area is 116 Å². The standard InChI is InChI=1S/C13H16N4O3/c14-5-4-11(18)16-10-3-1-2-9(6-10)8-17-12(19)7-15-13(17)20/h1-3,6H,4-5,7-8,14H2,(H,15,20)(H,16,18). The molecular weight excluding hydrogens is 260 g/mol. The molecule has 0 radical (unpaired) electrons. The zero-order valence-corrected chi connectivity index (χ0v) is 10.9. The van der Waals surface area contributed by atoms with E-state index in [1.165, 1.54) is 0 Å². The second kappa shape index (κ2) is 6.16. The molecule has 0 atom stereocenters. The lowest BCUT2D eigenvalue weighted by Gasteiger charge is -2.13. The van der Waals surface area contributed by atoms with E-state index in [1.807, 2.05) is 0 Å². The van der Waals surface area contributed by atoms with Crippen molar-refractivity contribution in [1.29, 1.82) is 0 Å². The Kier molecular flexibility index (Phi) is 4.31. The number of urea groups is 1. The molecule has 1 aliphatic heterocycles. The highest BCUT2D eigenvalue weighted by molar-refractivity contribution is 6.01. The maximum absolute atomic E-state index is 11.5. The molecule has 1 aliphatic rings. The summed E-state index contributed by atoms with van der Waals surface area (Å²) in [4.78, 5) is 35.5. The summed E-state index contributed by atoms with van der Waals surface area (Å²) in [5.74, 6) is -0.424. The molecule has 2 rings (SSSR count). The van der Waals surface area contributed by atoms with E-state index in [0.717, 1.165) is 10.5 Å². The molecule has 4 N–H and O–H groups in total. The number of nitrogens with two attached hydrogens (primary N) is 1. The van der Waals surface area contributed by atoms with E-state index in [-0.39, 0.29) is 37.9 Å². The molecule has 1 fully saturated rings. The van der Waals surface area contributed by atoms with Gasteiger partial charge in [-0.1, -0.05) is 12.1 Å². The van der Waals surface area contributed by atoms with Gasteiger partial charge in [-0.25, -0.2) is 4.79 Å². The van der Waals surface area contributed by atoms with Gasteiger partial charge >= 0.3 is 6.03 Å². The van der Waals surface area contributed by atoms with Gasteiger partial charge in [-0.2, -0.15) is 0 Å². The van der Waals surface area contributed by atoms with E-state index >= 15 is 0 Å². The van der Waals surface area contributed by atoms with Gasteiger partial charge in [0.1, 0.15) is 0 Å². The zero-order chi connectivity index (χ0) is 14.5. The van der Waals surface area contributed by atoms with Crippen LogP contribution in [0.15, 0.2) is 24.3 Å². The van der Waals surface area contributed by atoms with E-state index in [9.17, 15) is 14.4 Å². The number of hydrogen-bond donors (Lipinski definition) is 3. The monoisotopic (exact) mass is 276 g/mol. The van der Waals surface area contributed by atoms with Crippen LogP contribution >= 0.6 is 0 Å². The molecule has 0 saturated carbocycles. The fourth-order valence-corrected chi connectivity index (χ4v) is 1.90. The molecule has 7 nitrogen and oxygen atoms in total. The second-order valence-electron chi connectivity index (χ2n) is 4.43. The van der Waals surface area contributed by atoms with Crippen molar-refractivity contribution in [1.82, 2.24) is 10.2 Å². The number of nitrogens with one attached hydrogen (secondary N) is 2. The van der Waals surface area contributed by atoms with Crippen LogP contribution in [0.5, 0.6) is 0 Å². The summed E-state index contributed by atoms with van der Waals surface area (Å²) in [5.41, 5.74) is 6.69. The molecule has 0 aromatic heterocycles. The summed E-state index contributed by atoms with van der Waals surface area (Å²) in [6, 6.07) is 6.62. The number of anilines is 1. The average molecular weight is 276 g/mol. The predicted octanol–water partition coefficient (Wildman–Crippen LogP) is 0.0257. The SMILES string of the molecule is NCCC(=O)Nc1cccc(CN2C(=O)CNC2=O)c1. The van der Waals surface area contributed by atoms with Crippen LogP contribution in [-0.2, 0) is 16.1 Å². The van der Waals surface area contributed by atoms with Gasteiger partial charge in [-0.05, 0) is 17.7 Å². The summed E-state index contributed by atoms with van der Waals surface area (Å²) >= 11 is 0. The van der Waals surface area contributed by atoms with Gasteiger partial charge in [0.2, 0.25) is 11.8 Å². The number of carbonyl (C=O) groups is 3. The van der Waals surface area contributed by atoms with Crippen molar-refractivity contribution >= 4 is 23.5 Å². The summed E-state index contributed by atoms with van der Waals surface area (Å²) in [5, 5.41) is 5.16. The number of carbonyl (C=O) groups excluding carboxylic acids is 3. The molecule has 1 aromatic carbocycles. The zero-order valence-electron chi connectivity index (χ0n) is 10.9. The van der Waals surface area contributed by atoms with Crippen LogP contribution in [0.25, 0.3) is 0 Å². The normalized spacial score (nSPS) is 14.3. The summed E-state index contributed by atoms with van der Waals surface area (Å²) in [7, 11) is 0. The molecule has 0 aliphatic carbocycles. The Morgan fingerprint density at radius 3 is 2.85 bits per heavy atom. The van der Waals surface area contributed by atoms with Gasteiger partial charge in [-0.3, -0.25) is 14.5 Å². The number of hydrogen-bond acceptors (Lipinski definition) is 4. The number of rotatable bonds is 5. The molecule has 0 unspecified atom stereocenters. The molecular formula is C13H16N4O3. The van der Waals surface area contributed by atoms with Crippen molar-refractivity contribution < 1.29 is 14.4 Å². The van der Waals surface area contributed by atoms with Crippen molar-refractivity contribution in [2.45, 2.75) is 13.0 Å². The number of benzene rings is 1. The number of nitrogens with zero attached hydrogens (tertiary/aromatic N) is 1. The summed E-state index contributed by atoms with van der Waals surface area (Å²) in [6.45, 7) is 0.505. The van der Waals surface area contributed by atoms with E-state index in [2.05, 4.69) is 10.6 Å². The minimum atomic E-state index is -0.396. The molecule has 1 saturated heterocycles. The molecule has 106 valence electrons. The van der Waals surface area contributed by atoms with Crippen molar-refractivity contribution in [3.05, 3.63) is 29.8 Å². The molecule has 1 aromatic rings. The van der Waals surface area contributed by atoms with Crippen molar-refractivity contribution in [3.63, 3.8) is 0 Å². The van der Waals surface area contributed by atoms with Crippen LogP contribution in [-0.4, -0.2) is 35.8 Å². The van der Waals surface area contributed by atoms with Crippen LogP contribution in [0.3, 0.4) is 0 Å². The highest BCUT2D eigenvalue weighted by atomic mass is 16.2. The largest absolute Gasteiger partial charge is 0.330 e. The lowest BCUT2D eigenvalue weighted by molar-refractivity contribution is -0.125. The van der Waals surface area contributed by atoms with Crippen molar-refractivity contribution in [2.24, 2.45) is 5.73 Å². The molecule has 0 bridgehead atoms. The first-order chi connectivity index (χ1) is 9.60. The molecule has 20 heavy (non-hydrogen) atoms. The fraction of sp³-hybridized carbons (Fsp3) is 0.308. The van der Waals surface area contributed by atoms with E-state index in [1.54, 1.807) is 24.3 Å². The fourth-order valence-electron chi connectivity index (χ4n) is 1.90. The van der Waals surface area contributed by atoms with E-state index < -0.39 is 6.03 Å². The Balaban J connectivity index is 2.04. The summed E-state index contributed by atoms with van der Waals surface area (Å²) in [6.07, 6.45) is 0.247. The molecule has 4 amide bonds. The van der Waals surface area contributed by atoms with Gasteiger partial charge < -0.3 is 16.4 Å². The van der Waals surface area contributed by atoms with Gasteiger partial charge in [0.05, 0.1) is 13.1 Å². The highest BCUT2D eigenvalue weighted by Crippen LogP contribution is 2.14. The predicted molar refractivity (Wildman–Crippen MR) is 72.7 cm³/mol. The first-order valence-corrected chi connectivity index (χ1v) is 6.27. The molecule has 1 heterocycles. The molecule has 0 spiro atoms. The third kappa shape index (κ3) is 3.33. The van der Waals surface area contributed by atoms with E-state index in [0.29, 0.717) is 5.69 Å². The number of imide groups is 1. The van der Waals surface area contributed by atoms with Crippen LogP contribution in [0, 0.1) is 0 Å². The highest BCUT2D eigenvalue weighted by Gasteiger charge is 2.28. The van der Waals surface area contributed by atoms with Crippen LogP contribution < -0.4 is 16.4 Å². The quantitative estimate of drug-likeness (QED) is 0.660. The number of amides is 4. The Morgan fingerprint density at radius 2 is 2.20 bits per heavy atom. The topological polar surface area (TPSA) is 105 Å². The van der Waals surface area contributed by atoms with E-state index in [4.69, 9.17) is 5.73 Å². The van der Waals surface area contributed by atoms with Crippen LogP contribution in [0.2, 0.25) is 0 Å². The third-order valence-electron chi connectivity index (χ3n) is 2.86. The van der Waals surface area contributed by atoms with Crippen molar-refractivity contribution in [3.8, 4) is 0 Å². The molecule has 7 heteroatoms. The van der Waals surface area contributed by atoms with Gasteiger partial charge in [-0.15, -0.1) is 0 Å².